The molecular weight excluding hydrogens is 192 g/mol. The SMILES string of the molecule is CCc1cccc(CC)c1-c1[c]cccc1. The minimum atomic E-state index is 1.08. The standard InChI is InChI=1S/C16H17/c1-3-13-11-8-12-14(4-2)16(13)15-9-6-5-7-10-15/h5-9,11-12H,3-4H2,1-2H3. The van der Waals surface area contributed by atoms with Crippen LogP contribution in [-0.2, 0) is 12.8 Å². The van der Waals surface area contributed by atoms with Crippen LogP contribution >= 0.6 is 0 Å². The summed E-state index contributed by atoms with van der Waals surface area (Å²) in [6.07, 6.45) is 2.15. The van der Waals surface area contributed by atoms with Crippen molar-refractivity contribution >= 4 is 0 Å². The molecule has 0 nitrogen and oxygen atoms in total. The van der Waals surface area contributed by atoms with Gasteiger partial charge < -0.3 is 0 Å². The van der Waals surface area contributed by atoms with E-state index in [4.69, 9.17) is 0 Å². The van der Waals surface area contributed by atoms with Crippen molar-refractivity contribution in [3.8, 4) is 11.1 Å². The van der Waals surface area contributed by atoms with Crippen LogP contribution in [0.2, 0.25) is 0 Å². The molecule has 0 aliphatic heterocycles. The molecule has 2 aromatic carbocycles. The molecule has 0 aromatic heterocycles. The summed E-state index contributed by atoms with van der Waals surface area (Å²) in [6, 6.07) is 18.2. The van der Waals surface area contributed by atoms with Crippen LogP contribution in [0.3, 0.4) is 0 Å². The van der Waals surface area contributed by atoms with Gasteiger partial charge >= 0.3 is 0 Å². The molecule has 0 spiro atoms. The smallest absolute Gasteiger partial charge is 0.00990 e. The fourth-order valence-electron chi connectivity index (χ4n) is 2.14. The van der Waals surface area contributed by atoms with Crippen LogP contribution in [0.1, 0.15) is 25.0 Å². The molecule has 0 amide bonds. The second-order valence-electron chi connectivity index (χ2n) is 3.93. The Labute approximate surface area is 97.9 Å². The van der Waals surface area contributed by atoms with E-state index in [2.05, 4.69) is 50.2 Å². The molecule has 0 heteroatoms. The number of rotatable bonds is 3. The van der Waals surface area contributed by atoms with Crippen LogP contribution in [0.5, 0.6) is 0 Å². The highest BCUT2D eigenvalue weighted by Gasteiger charge is 2.07. The van der Waals surface area contributed by atoms with Crippen molar-refractivity contribution in [2.24, 2.45) is 0 Å². The third kappa shape index (κ3) is 2.01. The zero-order valence-corrected chi connectivity index (χ0v) is 9.96. The highest BCUT2D eigenvalue weighted by atomic mass is 14.1. The number of hydrogen-bond donors (Lipinski definition) is 0. The summed E-state index contributed by atoms with van der Waals surface area (Å²) in [5, 5.41) is 0. The predicted octanol–water partition coefficient (Wildman–Crippen LogP) is 4.28. The summed E-state index contributed by atoms with van der Waals surface area (Å²) in [5.41, 5.74) is 5.44. The van der Waals surface area contributed by atoms with Crippen LogP contribution in [0.25, 0.3) is 11.1 Å². The molecule has 16 heavy (non-hydrogen) atoms. The van der Waals surface area contributed by atoms with Gasteiger partial charge in [-0.15, -0.1) is 0 Å². The Balaban J connectivity index is 2.62. The first-order valence-electron chi connectivity index (χ1n) is 5.94. The largest absolute Gasteiger partial charge is 0.0617 e. The molecule has 0 N–H and O–H groups in total. The first-order chi connectivity index (χ1) is 7.86. The van der Waals surface area contributed by atoms with Gasteiger partial charge in [0.15, 0.2) is 0 Å². The normalized spacial score (nSPS) is 10.4. The summed E-state index contributed by atoms with van der Waals surface area (Å²) in [4.78, 5) is 0. The van der Waals surface area contributed by atoms with E-state index < -0.39 is 0 Å². The minimum absolute atomic E-state index is 1.08. The third-order valence-electron chi connectivity index (χ3n) is 2.98. The topological polar surface area (TPSA) is 0 Å². The summed E-state index contributed by atoms with van der Waals surface area (Å²) in [5.74, 6) is 0. The molecule has 2 aromatic rings. The molecule has 0 bridgehead atoms. The fourth-order valence-corrected chi connectivity index (χ4v) is 2.14. The molecule has 0 aliphatic rings. The van der Waals surface area contributed by atoms with Gasteiger partial charge in [-0.1, -0.05) is 56.3 Å². The van der Waals surface area contributed by atoms with Crippen molar-refractivity contribution in [3.05, 3.63) is 59.7 Å². The summed E-state index contributed by atoms with van der Waals surface area (Å²) in [7, 11) is 0. The molecule has 81 valence electrons. The van der Waals surface area contributed by atoms with E-state index >= 15 is 0 Å². The summed E-state index contributed by atoms with van der Waals surface area (Å²) < 4.78 is 0. The van der Waals surface area contributed by atoms with Crippen molar-refractivity contribution in [1.82, 2.24) is 0 Å². The van der Waals surface area contributed by atoms with Crippen LogP contribution in [0.4, 0.5) is 0 Å². The van der Waals surface area contributed by atoms with Crippen LogP contribution in [-0.4, -0.2) is 0 Å². The first kappa shape index (κ1) is 10.9. The van der Waals surface area contributed by atoms with Crippen molar-refractivity contribution < 1.29 is 0 Å². The Morgan fingerprint density at radius 2 is 1.56 bits per heavy atom. The monoisotopic (exact) mass is 209 g/mol. The fraction of sp³-hybridized carbons (Fsp3) is 0.250. The number of aryl methyl sites for hydroxylation is 2. The zero-order chi connectivity index (χ0) is 11.4. The van der Waals surface area contributed by atoms with Gasteiger partial charge in [-0.2, -0.15) is 0 Å². The zero-order valence-electron chi connectivity index (χ0n) is 9.96. The Morgan fingerprint density at radius 1 is 0.875 bits per heavy atom. The molecule has 0 unspecified atom stereocenters. The molecule has 0 atom stereocenters. The first-order valence-corrected chi connectivity index (χ1v) is 5.94. The van der Waals surface area contributed by atoms with Gasteiger partial charge in [0.05, 0.1) is 0 Å². The van der Waals surface area contributed by atoms with Gasteiger partial charge in [-0.25, -0.2) is 0 Å². The second kappa shape index (κ2) is 4.98. The maximum absolute atomic E-state index is 3.33. The lowest BCUT2D eigenvalue weighted by Gasteiger charge is -2.12. The van der Waals surface area contributed by atoms with Crippen molar-refractivity contribution in [2.45, 2.75) is 26.7 Å². The van der Waals surface area contributed by atoms with Gasteiger partial charge in [0, 0.05) is 0 Å². The van der Waals surface area contributed by atoms with Gasteiger partial charge in [-0.05, 0) is 41.2 Å². The highest BCUT2D eigenvalue weighted by molar-refractivity contribution is 5.70. The molecular formula is C16H17. The molecule has 0 fully saturated rings. The van der Waals surface area contributed by atoms with Gasteiger partial charge in [-0.3, -0.25) is 0 Å². The average Bonchev–Trinajstić information content (AvgIpc) is 2.38. The predicted molar refractivity (Wildman–Crippen MR) is 69.5 cm³/mol. The van der Waals surface area contributed by atoms with Crippen LogP contribution in [0, 0.1) is 6.07 Å². The molecule has 0 saturated heterocycles. The number of hydrogen-bond acceptors (Lipinski definition) is 0. The van der Waals surface area contributed by atoms with Crippen LogP contribution < -0.4 is 0 Å². The molecule has 0 aliphatic carbocycles. The number of benzene rings is 2. The van der Waals surface area contributed by atoms with E-state index in [0.29, 0.717) is 0 Å². The van der Waals surface area contributed by atoms with Crippen LogP contribution in [0.15, 0.2) is 42.5 Å². The quantitative estimate of drug-likeness (QED) is 0.707. The van der Waals surface area contributed by atoms with E-state index in [1.807, 2.05) is 12.1 Å². The van der Waals surface area contributed by atoms with Gasteiger partial charge in [0.2, 0.25) is 0 Å². The Morgan fingerprint density at radius 3 is 2.06 bits per heavy atom. The van der Waals surface area contributed by atoms with Gasteiger partial charge in [0.25, 0.3) is 0 Å². The Kier molecular flexibility index (Phi) is 3.40. The van der Waals surface area contributed by atoms with E-state index in [1.165, 1.54) is 22.3 Å². The minimum Gasteiger partial charge on any atom is -0.0617 e. The average molecular weight is 209 g/mol. The summed E-state index contributed by atoms with van der Waals surface area (Å²) in [6.45, 7) is 4.42. The lowest BCUT2D eigenvalue weighted by Crippen LogP contribution is -1.93. The molecule has 1 radical (unpaired) electrons. The van der Waals surface area contributed by atoms with Crippen molar-refractivity contribution in [1.29, 1.82) is 0 Å². The van der Waals surface area contributed by atoms with Crippen molar-refractivity contribution in [3.63, 3.8) is 0 Å². The van der Waals surface area contributed by atoms with Gasteiger partial charge in [0.1, 0.15) is 0 Å². The maximum atomic E-state index is 3.33. The maximum Gasteiger partial charge on any atom is -0.00990 e. The second-order valence-corrected chi connectivity index (χ2v) is 3.93. The summed E-state index contributed by atoms with van der Waals surface area (Å²) >= 11 is 0. The lowest BCUT2D eigenvalue weighted by molar-refractivity contribution is 1.09. The lowest BCUT2D eigenvalue weighted by atomic mass is 9.92. The van der Waals surface area contributed by atoms with E-state index in [-0.39, 0.29) is 0 Å². The molecule has 0 heterocycles. The molecule has 0 saturated carbocycles. The Bertz CT molecular complexity index is 432. The van der Waals surface area contributed by atoms with Crippen molar-refractivity contribution in [2.75, 3.05) is 0 Å². The third-order valence-corrected chi connectivity index (χ3v) is 2.98. The highest BCUT2D eigenvalue weighted by Crippen LogP contribution is 2.28. The van der Waals surface area contributed by atoms with E-state index in [9.17, 15) is 0 Å². The Hall–Kier alpha value is -1.56. The van der Waals surface area contributed by atoms with E-state index in [0.717, 1.165) is 12.8 Å². The molecule has 2 rings (SSSR count). The van der Waals surface area contributed by atoms with E-state index in [1.54, 1.807) is 0 Å².